The number of furan rings is 1. The topological polar surface area (TPSA) is 89.9 Å². The van der Waals surface area contributed by atoms with E-state index in [0.29, 0.717) is 18.1 Å². The Morgan fingerprint density at radius 1 is 1.10 bits per heavy atom. The van der Waals surface area contributed by atoms with Crippen molar-refractivity contribution in [1.82, 2.24) is 29.6 Å². The van der Waals surface area contributed by atoms with Crippen molar-refractivity contribution in [1.29, 1.82) is 0 Å². The van der Waals surface area contributed by atoms with E-state index in [0.717, 1.165) is 59.2 Å². The van der Waals surface area contributed by atoms with E-state index in [1.54, 1.807) is 6.26 Å². The highest BCUT2D eigenvalue weighted by atomic mass is 32.2. The van der Waals surface area contributed by atoms with Gasteiger partial charge in [-0.3, -0.25) is 9.36 Å². The Kier molecular flexibility index (Phi) is 7.29. The van der Waals surface area contributed by atoms with E-state index in [2.05, 4.69) is 20.2 Å². The zero-order chi connectivity index (χ0) is 21.6. The molecular weight excluding hydrogens is 432 g/mol. The lowest BCUT2D eigenvalue weighted by Gasteiger charge is -2.26. The van der Waals surface area contributed by atoms with Crippen LogP contribution in [0.4, 0.5) is 0 Å². The summed E-state index contributed by atoms with van der Waals surface area (Å²) in [6, 6.07) is 5.75. The standard InChI is InChI=1S/C21H26N6O2S2/c1-15-11-16(2)23-20(22-15)30-13-18-24-25-21(27(18)12-17-7-6-10-29-17)31-14-19(28)26-8-4-3-5-9-26/h6-7,10-11H,3-5,8-9,12-14H2,1-2H3. The minimum absolute atomic E-state index is 0.164. The third kappa shape index (κ3) is 5.88. The van der Waals surface area contributed by atoms with Gasteiger partial charge >= 0.3 is 0 Å². The van der Waals surface area contributed by atoms with Crippen molar-refractivity contribution in [2.45, 2.75) is 55.7 Å². The lowest BCUT2D eigenvalue weighted by Crippen LogP contribution is -2.36. The number of piperidine rings is 1. The van der Waals surface area contributed by atoms with E-state index < -0.39 is 0 Å². The summed E-state index contributed by atoms with van der Waals surface area (Å²) in [5.41, 5.74) is 1.89. The highest BCUT2D eigenvalue weighted by molar-refractivity contribution is 7.99. The Morgan fingerprint density at radius 3 is 2.58 bits per heavy atom. The maximum absolute atomic E-state index is 12.6. The average Bonchev–Trinajstić information content (AvgIpc) is 3.41. The molecule has 0 unspecified atom stereocenters. The average molecular weight is 459 g/mol. The molecule has 0 aromatic carbocycles. The first-order valence-electron chi connectivity index (χ1n) is 10.4. The number of rotatable bonds is 8. The molecular formula is C21H26N6O2S2. The molecule has 0 spiro atoms. The zero-order valence-electron chi connectivity index (χ0n) is 17.8. The summed E-state index contributed by atoms with van der Waals surface area (Å²) in [5, 5.41) is 10.2. The van der Waals surface area contributed by atoms with E-state index in [4.69, 9.17) is 4.42 Å². The highest BCUT2D eigenvalue weighted by Crippen LogP contribution is 2.25. The van der Waals surface area contributed by atoms with Gasteiger partial charge in [0, 0.05) is 24.5 Å². The summed E-state index contributed by atoms with van der Waals surface area (Å²) in [5.74, 6) is 2.73. The summed E-state index contributed by atoms with van der Waals surface area (Å²) in [7, 11) is 0. The molecule has 8 nitrogen and oxygen atoms in total. The molecule has 3 aromatic rings. The predicted octanol–water partition coefficient (Wildman–Crippen LogP) is 3.72. The summed E-state index contributed by atoms with van der Waals surface area (Å²) in [6.45, 7) is 6.16. The van der Waals surface area contributed by atoms with Crippen molar-refractivity contribution < 1.29 is 9.21 Å². The molecule has 3 aromatic heterocycles. The molecule has 164 valence electrons. The maximum Gasteiger partial charge on any atom is 0.233 e. The van der Waals surface area contributed by atoms with Gasteiger partial charge in [0.05, 0.1) is 24.3 Å². The molecule has 4 heterocycles. The Morgan fingerprint density at radius 2 is 1.87 bits per heavy atom. The van der Waals surface area contributed by atoms with Gasteiger partial charge in [-0.15, -0.1) is 10.2 Å². The summed E-state index contributed by atoms with van der Waals surface area (Å²) >= 11 is 2.96. The number of likely N-dealkylation sites (tertiary alicyclic amines) is 1. The van der Waals surface area contributed by atoms with Gasteiger partial charge in [-0.25, -0.2) is 9.97 Å². The zero-order valence-corrected chi connectivity index (χ0v) is 19.4. The number of carbonyl (C=O) groups excluding carboxylic acids is 1. The van der Waals surface area contributed by atoms with Crippen LogP contribution in [-0.2, 0) is 17.1 Å². The summed E-state index contributed by atoms with van der Waals surface area (Å²) in [4.78, 5) is 23.5. The molecule has 0 N–H and O–H groups in total. The van der Waals surface area contributed by atoms with E-state index in [-0.39, 0.29) is 5.91 Å². The van der Waals surface area contributed by atoms with Crippen LogP contribution in [0.3, 0.4) is 0 Å². The SMILES string of the molecule is Cc1cc(C)nc(SCc2nnc(SCC(=O)N3CCCCC3)n2Cc2ccco2)n1. The fraction of sp³-hybridized carbons (Fsp3) is 0.476. The van der Waals surface area contributed by atoms with E-state index >= 15 is 0 Å². The molecule has 10 heteroatoms. The fourth-order valence-electron chi connectivity index (χ4n) is 3.50. The molecule has 1 saturated heterocycles. The van der Waals surface area contributed by atoms with Crippen LogP contribution < -0.4 is 0 Å². The number of carbonyl (C=O) groups is 1. The third-order valence-electron chi connectivity index (χ3n) is 5.01. The first kappa shape index (κ1) is 21.9. The molecule has 0 bridgehead atoms. The lowest BCUT2D eigenvalue weighted by molar-refractivity contribution is -0.129. The van der Waals surface area contributed by atoms with Crippen LogP contribution in [0.15, 0.2) is 39.2 Å². The van der Waals surface area contributed by atoms with Crippen LogP contribution in [0.25, 0.3) is 0 Å². The molecule has 1 amide bonds. The van der Waals surface area contributed by atoms with E-state index in [1.165, 1.54) is 29.9 Å². The van der Waals surface area contributed by atoms with Crippen LogP contribution in [0, 0.1) is 13.8 Å². The second-order valence-electron chi connectivity index (χ2n) is 7.52. The Bertz CT molecular complexity index is 995. The van der Waals surface area contributed by atoms with Crippen molar-refractivity contribution in [3.05, 3.63) is 47.4 Å². The van der Waals surface area contributed by atoms with Crippen LogP contribution in [0.5, 0.6) is 0 Å². The number of aryl methyl sites for hydroxylation is 2. The van der Waals surface area contributed by atoms with Gasteiger partial charge in [-0.1, -0.05) is 23.5 Å². The first-order chi connectivity index (χ1) is 15.1. The molecule has 0 aliphatic carbocycles. The Labute approximate surface area is 190 Å². The van der Waals surface area contributed by atoms with Gasteiger partial charge in [0.25, 0.3) is 0 Å². The van der Waals surface area contributed by atoms with Gasteiger partial charge in [0.15, 0.2) is 10.3 Å². The monoisotopic (exact) mass is 458 g/mol. The smallest absolute Gasteiger partial charge is 0.233 e. The number of hydrogen-bond donors (Lipinski definition) is 0. The fourth-order valence-corrected chi connectivity index (χ4v) is 5.25. The molecule has 0 radical (unpaired) electrons. The largest absolute Gasteiger partial charge is 0.467 e. The van der Waals surface area contributed by atoms with Crippen LogP contribution in [0.2, 0.25) is 0 Å². The molecule has 0 saturated carbocycles. The quantitative estimate of drug-likeness (QED) is 0.373. The van der Waals surface area contributed by atoms with Crippen molar-refractivity contribution >= 4 is 29.4 Å². The van der Waals surface area contributed by atoms with Gasteiger partial charge in [0.2, 0.25) is 5.91 Å². The molecule has 31 heavy (non-hydrogen) atoms. The van der Waals surface area contributed by atoms with Crippen LogP contribution in [-0.4, -0.2) is 54.4 Å². The maximum atomic E-state index is 12.6. The first-order valence-corrected chi connectivity index (χ1v) is 12.4. The minimum atomic E-state index is 0.164. The Balaban J connectivity index is 1.47. The number of aromatic nitrogens is 5. The van der Waals surface area contributed by atoms with Crippen LogP contribution in [0.1, 0.15) is 42.2 Å². The Hall–Kier alpha value is -2.33. The van der Waals surface area contributed by atoms with Crippen molar-refractivity contribution in [3.63, 3.8) is 0 Å². The van der Waals surface area contributed by atoms with Gasteiger partial charge in [0.1, 0.15) is 11.6 Å². The number of thioether (sulfide) groups is 2. The molecule has 1 aliphatic heterocycles. The van der Waals surface area contributed by atoms with E-state index in [1.807, 2.05) is 41.5 Å². The van der Waals surface area contributed by atoms with Crippen molar-refractivity contribution in [2.75, 3.05) is 18.8 Å². The van der Waals surface area contributed by atoms with Gasteiger partial charge in [-0.05, 0) is 51.3 Å². The number of amides is 1. The van der Waals surface area contributed by atoms with Crippen molar-refractivity contribution in [2.24, 2.45) is 0 Å². The van der Waals surface area contributed by atoms with E-state index in [9.17, 15) is 4.79 Å². The summed E-state index contributed by atoms with van der Waals surface area (Å²) in [6.07, 6.45) is 5.05. The van der Waals surface area contributed by atoms with Gasteiger partial charge < -0.3 is 9.32 Å². The summed E-state index contributed by atoms with van der Waals surface area (Å²) < 4.78 is 7.56. The molecule has 4 rings (SSSR count). The van der Waals surface area contributed by atoms with Crippen LogP contribution >= 0.6 is 23.5 Å². The number of hydrogen-bond acceptors (Lipinski definition) is 8. The predicted molar refractivity (Wildman–Crippen MR) is 120 cm³/mol. The van der Waals surface area contributed by atoms with Crippen molar-refractivity contribution in [3.8, 4) is 0 Å². The normalized spacial score (nSPS) is 14.2. The second-order valence-corrected chi connectivity index (χ2v) is 9.40. The second kappa shape index (κ2) is 10.3. The molecule has 1 fully saturated rings. The lowest BCUT2D eigenvalue weighted by atomic mass is 10.1. The van der Waals surface area contributed by atoms with Gasteiger partial charge in [-0.2, -0.15) is 0 Å². The number of nitrogens with zero attached hydrogens (tertiary/aromatic N) is 6. The molecule has 0 atom stereocenters. The molecule has 1 aliphatic rings. The third-order valence-corrected chi connectivity index (χ3v) is 6.81. The minimum Gasteiger partial charge on any atom is -0.467 e. The highest BCUT2D eigenvalue weighted by Gasteiger charge is 2.20.